The van der Waals surface area contributed by atoms with Crippen molar-refractivity contribution in [2.24, 2.45) is 0 Å². The Labute approximate surface area is 274 Å². The molecular formula is C36H41N9O2. The molecule has 5 aromatic rings. The highest BCUT2D eigenvalue weighted by Crippen LogP contribution is 2.32. The predicted molar refractivity (Wildman–Crippen MR) is 185 cm³/mol. The minimum Gasteiger partial charge on any atom is -0.457 e. The molecule has 242 valence electrons. The number of benzene rings is 3. The number of nitrogens with zero attached hydrogens (tertiary/aromatic N) is 7. The van der Waals surface area contributed by atoms with Crippen LogP contribution in [0.5, 0.6) is 11.5 Å². The van der Waals surface area contributed by atoms with Gasteiger partial charge in [-0.25, -0.2) is 14.8 Å². The van der Waals surface area contributed by atoms with Crippen LogP contribution in [0.3, 0.4) is 0 Å². The third-order valence-corrected chi connectivity index (χ3v) is 10.3. The molecule has 0 saturated carbocycles. The summed E-state index contributed by atoms with van der Waals surface area (Å²) in [7, 11) is 0. The van der Waals surface area contributed by atoms with Crippen molar-refractivity contribution in [3.8, 4) is 17.2 Å². The molecule has 5 heterocycles. The molecular weight excluding hydrogens is 590 g/mol. The molecule has 4 N–H and O–H groups in total. The Hall–Kier alpha value is -4.87. The fraction of sp³-hybridized carbons (Fsp3) is 0.361. The van der Waals surface area contributed by atoms with Crippen molar-refractivity contribution in [1.82, 2.24) is 28.9 Å². The number of imidazole rings is 1. The van der Waals surface area contributed by atoms with E-state index in [0.717, 1.165) is 63.5 Å². The summed E-state index contributed by atoms with van der Waals surface area (Å²) in [5.41, 5.74) is 16.0. The standard InChI is InChI=1S/C36H41N9O2/c37-25-6-8-26(9-7-25)43-22-30(23-43)42-18-14-27(15-19-42)41-20-16-29(17-21-41)45-35-33(34(38)39-24-40-35)44(36(45)46)28-10-12-32(13-11-28)47-31-4-2-1-3-5-31/h1-13,24,27,29-30H,14-23,37H2,(H2,38,39,40). The van der Waals surface area contributed by atoms with Crippen LogP contribution in [0.1, 0.15) is 31.7 Å². The summed E-state index contributed by atoms with van der Waals surface area (Å²) < 4.78 is 9.47. The maximum atomic E-state index is 14.1. The van der Waals surface area contributed by atoms with Gasteiger partial charge in [-0.15, -0.1) is 0 Å². The van der Waals surface area contributed by atoms with E-state index in [1.54, 1.807) is 4.57 Å². The van der Waals surface area contributed by atoms with Crippen LogP contribution in [0.25, 0.3) is 16.9 Å². The molecule has 0 spiro atoms. The molecule has 3 saturated heterocycles. The van der Waals surface area contributed by atoms with Gasteiger partial charge in [0.2, 0.25) is 0 Å². The van der Waals surface area contributed by atoms with Crippen LogP contribution >= 0.6 is 0 Å². The highest BCUT2D eigenvalue weighted by atomic mass is 16.5. The lowest BCUT2D eigenvalue weighted by Crippen LogP contribution is -2.62. The molecule has 11 heteroatoms. The second kappa shape index (κ2) is 12.4. The molecule has 3 aromatic carbocycles. The average Bonchev–Trinajstić information content (AvgIpc) is 3.39. The van der Waals surface area contributed by atoms with E-state index in [1.165, 1.54) is 24.9 Å². The van der Waals surface area contributed by atoms with Crippen molar-refractivity contribution in [2.45, 2.75) is 43.8 Å². The second-order valence-corrected chi connectivity index (χ2v) is 13.0. The first-order valence-electron chi connectivity index (χ1n) is 16.7. The minimum atomic E-state index is -0.135. The fourth-order valence-electron chi connectivity index (χ4n) is 7.63. The summed E-state index contributed by atoms with van der Waals surface area (Å²) in [6.07, 6.45) is 5.62. The molecule has 0 bridgehead atoms. The normalized spacial score (nSPS) is 18.9. The molecule has 2 aromatic heterocycles. The van der Waals surface area contributed by atoms with E-state index < -0.39 is 0 Å². The van der Waals surface area contributed by atoms with Gasteiger partial charge in [-0.2, -0.15) is 0 Å². The molecule has 3 aliphatic rings. The van der Waals surface area contributed by atoms with Crippen LogP contribution in [0.2, 0.25) is 0 Å². The third kappa shape index (κ3) is 5.70. The highest BCUT2D eigenvalue weighted by molar-refractivity contribution is 5.84. The fourth-order valence-corrected chi connectivity index (χ4v) is 7.63. The van der Waals surface area contributed by atoms with Crippen molar-refractivity contribution in [3.05, 3.63) is 95.7 Å². The van der Waals surface area contributed by atoms with Crippen molar-refractivity contribution in [1.29, 1.82) is 0 Å². The number of nitrogens with two attached hydrogens (primary N) is 2. The molecule has 3 fully saturated rings. The van der Waals surface area contributed by atoms with E-state index in [-0.39, 0.29) is 11.7 Å². The van der Waals surface area contributed by atoms with Crippen molar-refractivity contribution >= 4 is 28.4 Å². The Balaban J connectivity index is 0.917. The van der Waals surface area contributed by atoms with Gasteiger partial charge in [-0.05, 0) is 86.3 Å². The number of anilines is 3. The van der Waals surface area contributed by atoms with E-state index in [2.05, 4.69) is 36.8 Å². The first-order chi connectivity index (χ1) is 23.0. The highest BCUT2D eigenvalue weighted by Gasteiger charge is 2.36. The van der Waals surface area contributed by atoms with Gasteiger partial charge in [0.25, 0.3) is 0 Å². The summed E-state index contributed by atoms with van der Waals surface area (Å²) in [5, 5.41) is 0. The number of fused-ring (bicyclic) bond motifs is 1. The zero-order valence-electron chi connectivity index (χ0n) is 26.5. The monoisotopic (exact) mass is 631 g/mol. The van der Waals surface area contributed by atoms with Gasteiger partial charge < -0.3 is 26.0 Å². The molecule has 11 nitrogen and oxygen atoms in total. The molecule has 0 aliphatic carbocycles. The molecule has 3 aliphatic heterocycles. The summed E-state index contributed by atoms with van der Waals surface area (Å²) in [6.45, 7) is 6.39. The van der Waals surface area contributed by atoms with Gasteiger partial charge >= 0.3 is 5.69 Å². The van der Waals surface area contributed by atoms with Crippen LogP contribution in [-0.4, -0.2) is 80.3 Å². The summed E-state index contributed by atoms with van der Waals surface area (Å²) in [6, 6.07) is 26.6. The molecule has 0 amide bonds. The number of para-hydroxylation sites is 1. The first-order valence-corrected chi connectivity index (χ1v) is 16.7. The largest absolute Gasteiger partial charge is 0.457 e. The van der Waals surface area contributed by atoms with E-state index in [1.807, 2.05) is 71.3 Å². The maximum Gasteiger partial charge on any atom is 0.335 e. The topological polar surface area (TPSA) is 124 Å². The Bertz CT molecular complexity index is 1880. The van der Waals surface area contributed by atoms with E-state index in [0.29, 0.717) is 40.5 Å². The van der Waals surface area contributed by atoms with Crippen molar-refractivity contribution in [3.63, 3.8) is 0 Å². The molecule has 8 rings (SSSR count). The Morgan fingerprint density at radius 2 is 1.26 bits per heavy atom. The van der Waals surface area contributed by atoms with Crippen LogP contribution in [-0.2, 0) is 0 Å². The van der Waals surface area contributed by atoms with Gasteiger partial charge in [-0.1, -0.05) is 18.2 Å². The maximum absolute atomic E-state index is 14.1. The van der Waals surface area contributed by atoms with Crippen LogP contribution < -0.4 is 26.8 Å². The van der Waals surface area contributed by atoms with Crippen molar-refractivity contribution < 1.29 is 4.74 Å². The smallest absolute Gasteiger partial charge is 0.335 e. The zero-order valence-corrected chi connectivity index (χ0v) is 26.5. The number of rotatable bonds is 7. The van der Waals surface area contributed by atoms with Crippen LogP contribution in [0.4, 0.5) is 17.2 Å². The van der Waals surface area contributed by atoms with Gasteiger partial charge in [0.1, 0.15) is 23.3 Å². The van der Waals surface area contributed by atoms with Gasteiger partial charge in [-0.3, -0.25) is 14.0 Å². The Morgan fingerprint density at radius 3 is 1.94 bits per heavy atom. The number of likely N-dealkylation sites (tertiary alicyclic amines) is 2. The Kier molecular flexibility index (Phi) is 7.78. The number of piperidine rings is 2. The first kappa shape index (κ1) is 29.5. The second-order valence-electron chi connectivity index (χ2n) is 13.0. The van der Waals surface area contributed by atoms with E-state index in [4.69, 9.17) is 16.2 Å². The lowest BCUT2D eigenvalue weighted by Gasteiger charge is -2.50. The Morgan fingerprint density at radius 1 is 0.660 bits per heavy atom. The summed E-state index contributed by atoms with van der Waals surface area (Å²) in [4.78, 5) is 30.7. The van der Waals surface area contributed by atoms with Gasteiger partial charge in [0.15, 0.2) is 11.5 Å². The number of nitrogen functional groups attached to an aromatic ring is 2. The van der Waals surface area contributed by atoms with Gasteiger partial charge in [0.05, 0.1) is 5.69 Å². The number of aromatic nitrogens is 4. The molecule has 0 radical (unpaired) electrons. The average molecular weight is 632 g/mol. The number of ether oxygens (including phenoxy) is 1. The molecule has 0 atom stereocenters. The van der Waals surface area contributed by atoms with E-state index in [9.17, 15) is 4.79 Å². The zero-order chi connectivity index (χ0) is 31.9. The molecule has 47 heavy (non-hydrogen) atoms. The summed E-state index contributed by atoms with van der Waals surface area (Å²) >= 11 is 0. The molecule has 0 unspecified atom stereocenters. The third-order valence-electron chi connectivity index (χ3n) is 10.3. The summed E-state index contributed by atoms with van der Waals surface area (Å²) in [5.74, 6) is 1.73. The van der Waals surface area contributed by atoms with Crippen LogP contribution in [0, 0.1) is 0 Å². The van der Waals surface area contributed by atoms with E-state index >= 15 is 0 Å². The van der Waals surface area contributed by atoms with Crippen molar-refractivity contribution in [2.75, 3.05) is 55.6 Å². The van der Waals surface area contributed by atoms with Crippen LogP contribution in [0.15, 0.2) is 90.0 Å². The van der Waals surface area contributed by atoms with Gasteiger partial charge in [0, 0.05) is 68.8 Å². The predicted octanol–water partition coefficient (Wildman–Crippen LogP) is 4.53. The lowest BCUT2D eigenvalue weighted by atomic mass is 9.95. The number of hydrogen-bond donors (Lipinski definition) is 2. The lowest BCUT2D eigenvalue weighted by molar-refractivity contribution is 0.0561. The SMILES string of the molecule is Nc1ccc(N2CC(N3CCC(N4CCC(n5c(=O)n(-c6ccc(Oc7ccccc7)cc6)c6c(N)ncnc65)CC4)CC3)C2)cc1. The minimum absolute atomic E-state index is 0.0480. The quantitative estimate of drug-likeness (QED) is 0.250. The number of hydrogen-bond acceptors (Lipinski definition) is 9.